The van der Waals surface area contributed by atoms with Gasteiger partial charge in [0.05, 0.1) is 0 Å². The number of nitrogens with two attached hydrogens (primary N) is 1. The van der Waals surface area contributed by atoms with E-state index in [-0.39, 0.29) is 5.60 Å². The average Bonchev–Trinajstić information content (AvgIpc) is 3.10. The number of anilines is 1. The number of aromatic nitrogens is 2. The summed E-state index contributed by atoms with van der Waals surface area (Å²) < 4.78 is 11.1. The summed E-state index contributed by atoms with van der Waals surface area (Å²) in [5.41, 5.74) is 8.11. The Morgan fingerprint density at radius 1 is 1.30 bits per heavy atom. The van der Waals surface area contributed by atoms with E-state index in [4.69, 9.17) is 15.0 Å². The summed E-state index contributed by atoms with van der Waals surface area (Å²) in [5, 5.41) is 4.13. The molecule has 5 nitrogen and oxygen atoms in total. The number of methoxy groups -OCH3 is 1. The molecule has 0 radical (unpaired) electrons. The van der Waals surface area contributed by atoms with Gasteiger partial charge >= 0.3 is 0 Å². The second kappa shape index (κ2) is 4.90. The van der Waals surface area contributed by atoms with Gasteiger partial charge in [0.2, 0.25) is 5.82 Å². The van der Waals surface area contributed by atoms with Crippen LogP contribution in [-0.2, 0) is 10.3 Å². The third-order valence-electron chi connectivity index (χ3n) is 4.15. The maximum atomic E-state index is 5.83. The van der Waals surface area contributed by atoms with Gasteiger partial charge in [0.25, 0.3) is 5.89 Å². The number of aryl methyl sites for hydroxylation is 1. The minimum Gasteiger partial charge on any atom is -0.399 e. The largest absolute Gasteiger partial charge is 0.399 e. The van der Waals surface area contributed by atoms with E-state index in [0.29, 0.717) is 11.7 Å². The number of hydrogen-bond acceptors (Lipinski definition) is 5. The highest BCUT2D eigenvalue weighted by atomic mass is 16.5. The fourth-order valence-corrected chi connectivity index (χ4v) is 2.80. The molecular weight excluding hydrogens is 254 g/mol. The number of rotatable bonds is 3. The lowest BCUT2D eigenvalue weighted by atomic mass is 10.0. The van der Waals surface area contributed by atoms with Gasteiger partial charge in [-0.05, 0) is 56.4 Å². The standard InChI is InChI=1S/C15H19N3O2/c1-10-9-11(5-6-12(10)16)13-17-14(18-20-13)15(19-2)7-3-4-8-15/h5-6,9H,3-4,7-8,16H2,1-2H3. The predicted molar refractivity (Wildman–Crippen MR) is 76.0 cm³/mol. The molecule has 1 heterocycles. The predicted octanol–water partition coefficient (Wildman–Crippen LogP) is 3.04. The van der Waals surface area contributed by atoms with Crippen molar-refractivity contribution >= 4 is 5.69 Å². The van der Waals surface area contributed by atoms with Gasteiger partial charge in [0.15, 0.2) is 0 Å². The van der Waals surface area contributed by atoms with Crippen LogP contribution < -0.4 is 5.73 Å². The quantitative estimate of drug-likeness (QED) is 0.870. The highest BCUT2D eigenvalue weighted by Crippen LogP contribution is 2.40. The lowest BCUT2D eigenvalue weighted by Crippen LogP contribution is -2.25. The Kier molecular flexibility index (Phi) is 3.22. The fourth-order valence-electron chi connectivity index (χ4n) is 2.80. The highest BCUT2D eigenvalue weighted by Gasteiger charge is 2.40. The molecule has 2 aromatic rings. The molecule has 0 saturated heterocycles. The Balaban J connectivity index is 1.95. The van der Waals surface area contributed by atoms with Crippen LogP contribution in [0.2, 0.25) is 0 Å². The van der Waals surface area contributed by atoms with E-state index in [1.807, 2.05) is 25.1 Å². The van der Waals surface area contributed by atoms with Crippen molar-refractivity contribution in [1.29, 1.82) is 0 Å². The summed E-state index contributed by atoms with van der Waals surface area (Å²) >= 11 is 0. The van der Waals surface area contributed by atoms with Crippen molar-refractivity contribution < 1.29 is 9.26 Å². The number of nitrogens with zero attached hydrogens (tertiary/aromatic N) is 2. The molecule has 1 saturated carbocycles. The average molecular weight is 273 g/mol. The van der Waals surface area contributed by atoms with Crippen LogP contribution in [-0.4, -0.2) is 17.3 Å². The molecule has 0 aliphatic heterocycles. The monoisotopic (exact) mass is 273 g/mol. The first-order valence-corrected chi connectivity index (χ1v) is 6.90. The normalized spacial score (nSPS) is 17.5. The van der Waals surface area contributed by atoms with Gasteiger partial charge < -0.3 is 15.0 Å². The minimum atomic E-state index is -0.370. The van der Waals surface area contributed by atoms with Crippen LogP contribution in [0.5, 0.6) is 0 Å². The van der Waals surface area contributed by atoms with Crippen molar-refractivity contribution in [1.82, 2.24) is 10.1 Å². The molecular formula is C15H19N3O2. The van der Waals surface area contributed by atoms with Crippen LogP contribution in [0.1, 0.15) is 37.1 Å². The Bertz CT molecular complexity index is 615. The van der Waals surface area contributed by atoms with Gasteiger partial charge in [0.1, 0.15) is 5.60 Å². The molecule has 1 aliphatic rings. The molecule has 5 heteroatoms. The zero-order valence-corrected chi connectivity index (χ0v) is 11.8. The molecule has 0 amide bonds. The summed E-state index contributed by atoms with van der Waals surface area (Å²) in [7, 11) is 1.72. The lowest BCUT2D eigenvalue weighted by Gasteiger charge is -2.22. The van der Waals surface area contributed by atoms with E-state index < -0.39 is 0 Å². The molecule has 0 spiro atoms. The number of ether oxygens (including phenoxy) is 1. The van der Waals surface area contributed by atoms with Crippen molar-refractivity contribution in [3.63, 3.8) is 0 Å². The van der Waals surface area contributed by atoms with Gasteiger partial charge in [-0.15, -0.1) is 0 Å². The van der Waals surface area contributed by atoms with E-state index in [0.717, 1.165) is 42.5 Å². The first-order chi connectivity index (χ1) is 9.64. The molecule has 1 aromatic carbocycles. The third-order valence-corrected chi connectivity index (χ3v) is 4.15. The Morgan fingerprint density at radius 2 is 2.05 bits per heavy atom. The molecule has 1 aliphatic carbocycles. The summed E-state index contributed by atoms with van der Waals surface area (Å²) in [6.07, 6.45) is 4.17. The first-order valence-electron chi connectivity index (χ1n) is 6.90. The first kappa shape index (κ1) is 13.1. The Labute approximate surface area is 118 Å². The van der Waals surface area contributed by atoms with Crippen molar-refractivity contribution in [2.75, 3.05) is 12.8 Å². The van der Waals surface area contributed by atoms with E-state index in [1.54, 1.807) is 7.11 Å². The smallest absolute Gasteiger partial charge is 0.258 e. The van der Waals surface area contributed by atoms with Crippen LogP contribution in [0.3, 0.4) is 0 Å². The molecule has 2 N–H and O–H groups in total. The van der Waals surface area contributed by atoms with E-state index in [9.17, 15) is 0 Å². The number of hydrogen-bond donors (Lipinski definition) is 1. The third kappa shape index (κ3) is 2.08. The molecule has 106 valence electrons. The van der Waals surface area contributed by atoms with Crippen molar-refractivity contribution in [2.24, 2.45) is 0 Å². The summed E-state index contributed by atoms with van der Waals surface area (Å²) in [6.45, 7) is 1.96. The fraction of sp³-hybridized carbons (Fsp3) is 0.467. The topological polar surface area (TPSA) is 74.2 Å². The minimum absolute atomic E-state index is 0.370. The van der Waals surface area contributed by atoms with Crippen LogP contribution in [0.15, 0.2) is 22.7 Å². The van der Waals surface area contributed by atoms with Gasteiger partial charge in [-0.2, -0.15) is 4.98 Å². The molecule has 0 unspecified atom stereocenters. The molecule has 0 bridgehead atoms. The molecule has 1 aromatic heterocycles. The molecule has 3 rings (SSSR count). The maximum Gasteiger partial charge on any atom is 0.258 e. The zero-order valence-electron chi connectivity index (χ0n) is 11.8. The van der Waals surface area contributed by atoms with Gasteiger partial charge in [0, 0.05) is 18.4 Å². The highest BCUT2D eigenvalue weighted by molar-refractivity contribution is 5.60. The zero-order chi connectivity index (χ0) is 14.2. The van der Waals surface area contributed by atoms with Crippen LogP contribution in [0, 0.1) is 6.92 Å². The van der Waals surface area contributed by atoms with E-state index in [1.165, 1.54) is 0 Å². The van der Waals surface area contributed by atoms with Crippen molar-refractivity contribution in [2.45, 2.75) is 38.2 Å². The Morgan fingerprint density at radius 3 is 2.70 bits per heavy atom. The molecule has 1 fully saturated rings. The van der Waals surface area contributed by atoms with Crippen LogP contribution >= 0.6 is 0 Å². The number of benzene rings is 1. The van der Waals surface area contributed by atoms with Gasteiger partial charge in [-0.1, -0.05) is 5.16 Å². The SMILES string of the molecule is COC1(c2noc(-c3ccc(N)c(C)c3)n2)CCCC1. The summed E-state index contributed by atoms with van der Waals surface area (Å²) in [6, 6.07) is 5.71. The van der Waals surface area contributed by atoms with Crippen molar-refractivity contribution in [3.05, 3.63) is 29.6 Å². The van der Waals surface area contributed by atoms with Gasteiger partial charge in [-0.3, -0.25) is 0 Å². The van der Waals surface area contributed by atoms with Crippen LogP contribution in [0.4, 0.5) is 5.69 Å². The molecule has 0 atom stereocenters. The maximum absolute atomic E-state index is 5.83. The van der Waals surface area contributed by atoms with E-state index >= 15 is 0 Å². The summed E-state index contributed by atoms with van der Waals surface area (Å²) in [5.74, 6) is 1.17. The van der Waals surface area contributed by atoms with Crippen molar-refractivity contribution in [3.8, 4) is 11.5 Å². The second-order valence-corrected chi connectivity index (χ2v) is 5.40. The summed E-state index contributed by atoms with van der Waals surface area (Å²) in [4.78, 5) is 4.53. The van der Waals surface area contributed by atoms with E-state index in [2.05, 4.69) is 10.1 Å². The van der Waals surface area contributed by atoms with Gasteiger partial charge in [-0.25, -0.2) is 0 Å². The van der Waals surface area contributed by atoms with Crippen LogP contribution in [0.25, 0.3) is 11.5 Å². The molecule has 20 heavy (non-hydrogen) atoms. The number of nitrogen functional groups attached to an aromatic ring is 1. The lowest BCUT2D eigenvalue weighted by molar-refractivity contribution is -0.0178. The Hall–Kier alpha value is -1.88. The second-order valence-electron chi connectivity index (χ2n) is 5.40.